The lowest BCUT2D eigenvalue weighted by atomic mass is 10.1. The number of benzene rings is 1. The van der Waals surface area contributed by atoms with E-state index in [9.17, 15) is 4.79 Å². The summed E-state index contributed by atoms with van der Waals surface area (Å²) in [4.78, 5) is 11.8. The summed E-state index contributed by atoms with van der Waals surface area (Å²) >= 11 is 0. The number of nitrogens with one attached hydrogen (secondary N) is 2. The number of carbonyl (C=O) groups excluding carboxylic acids is 1. The number of hydrogen-bond acceptors (Lipinski definition) is 3. The normalized spacial score (nSPS) is 13.7. The van der Waals surface area contributed by atoms with E-state index in [1.165, 1.54) is 11.1 Å². The van der Waals surface area contributed by atoms with Crippen LogP contribution in [0, 0.1) is 6.92 Å². The van der Waals surface area contributed by atoms with Gasteiger partial charge in [0.05, 0.1) is 6.61 Å². The molecule has 1 aromatic carbocycles. The lowest BCUT2D eigenvalue weighted by Crippen LogP contribution is -2.29. The Morgan fingerprint density at radius 2 is 2.22 bits per heavy atom. The minimum absolute atomic E-state index is 0. The SMILES string of the molecule is Cc1cccc(OCCCCC(=O)NCC2=CCNCC2)c1.Cl. The maximum atomic E-state index is 11.8. The second kappa shape index (κ2) is 11.1. The van der Waals surface area contributed by atoms with Crippen LogP contribution in [0.5, 0.6) is 5.75 Å². The summed E-state index contributed by atoms with van der Waals surface area (Å²) in [6.45, 7) is 5.34. The van der Waals surface area contributed by atoms with Crippen molar-refractivity contribution in [2.45, 2.75) is 32.6 Å². The Labute approximate surface area is 145 Å². The highest BCUT2D eigenvalue weighted by Crippen LogP contribution is 2.13. The van der Waals surface area contributed by atoms with E-state index in [1.807, 2.05) is 18.2 Å². The number of aryl methyl sites for hydroxylation is 1. The first kappa shape index (κ1) is 19.5. The van der Waals surface area contributed by atoms with Gasteiger partial charge in [-0.25, -0.2) is 0 Å². The quantitative estimate of drug-likeness (QED) is 0.566. The zero-order valence-electron chi connectivity index (χ0n) is 13.8. The molecule has 23 heavy (non-hydrogen) atoms. The van der Waals surface area contributed by atoms with Gasteiger partial charge in [0.2, 0.25) is 5.91 Å². The molecule has 128 valence electrons. The second-order valence-corrected chi connectivity index (χ2v) is 5.72. The average molecular weight is 339 g/mol. The molecule has 1 amide bonds. The zero-order chi connectivity index (χ0) is 15.6. The monoisotopic (exact) mass is 338 g/mol. The molecule has 1 aromatic rings. The summed E-state index contributed by atoms with van der Waals surface area (Å²) < 4.78 is 5.68. The van der Waals surface area contributed by atoms with E-state index >= 15 is 0 Å². The molecule has 0 bridgehead atoms. The largest absolute Gasteiger partial charge is 0.494 e. The summed E-state index contributed by atoms with van der Waals surface area (Å²) in [6, 6.07) is 8.04. The molecule has 1 heterocycles. The van der Waals surface area contributed by atoms with Gasteiger partial charge in [0.1, 0.15) is 5.75 Å². The maximum absolute atomic E-state index is 11.8. The standard InChI is InChI=1S/C18H26N2O2.ClH/c1-15-5-4-6-17(13-15)22-12-3-2-7-18(21)20-14-16-8-10-19-11-9-16;/h4-6,8,13,19H,2-3,7,9-12,14H2,1H3,(H,20,21);1H. The van der Waals surface area contributed by atoms with Crippen molar-refractivity contribution in [3.8, 4) is 5.75 Å². The Morgan fingerprint density at radius 3 is 2.96 bits per heavy atom. The van der Waals surface area contributed by atoms with Gasteiger partial charge in [0, 0.05) is 19.5 Å². The van der Waals surface area contributed by atoms with Gasteiger partial charge in [0.15, 0.2) is 0 Å². The first-order valence-electron chi connectivity index (χ1n) is 8.09. The topological polar surface area (TPSA) is 50.4 Å². The number of unbranched alkanes of at least 4 members (excludes halogenated alkanes) is 1. The molecule has 0 aromatic heterocycles. The highest BCUT2D eigenvalue weighted by atomic mass is 35.5. The third kappa shape index (κ3) is 8.05. The molecular formula is C18H27ClN2O2. The number of halogens is 1. The van der Waals surface area contributed by atoms with E-state index in [4.69, 9.17) is 4.74 Å². The molecule has 0 saturated heterocycles. The molecule has 1 aliphatic rings. The molecule has 0 unspecified atom stereocenters. The van der Waals surface area contributed by atoms with Gasteiger partial charge in [-0.15, -0.1) is 12.4 Å². The van der Waals surface area contributed by atoms with E-state index < -0.39 is 0 Å². The number of rotatable bonds is 8. The fourth-order valence-corrected chi connectivity index (χ4v) is 2.41. The van der Waals surface area contributed by atoms with Crippen LogP contribution in [-0.4, -0.2) is 32.1 Å². The Bertz CT molecular complexity index is 517. The third-order valence-corrected chi connectivity index (χ3v) is 3.73. The van der Waals surface area contributed by atoms with Crippen LogP contribution in [0.2, 0.25) is 0 Å². The van der Waals surface area contributed by atoms with Gasteiger partial charge in [-0.2, -0.15) is 0 Å². The Balaban J connectivity index is 0.00000264. The van der Waals surface area contributed by atoms with Gasteiger partial charge in [0.25, 0.3) is 0 Å². The molecule has 2 N–H and O–H groups in total. The minimum atomic E-state index is 0. The van der Waals surface area contributed by atoms with E-state index in [2.05, 4.69) is 29.7 Å². The van der Waals surface area contributed by atoms with Gasteiger partial charge in [-0.05, 0) is 50.4 Å². The van der Waals surface area contributed by atoms with Crippen LogP contribution in [0.4, 0.5) is 0 Å². The van der Waals surface area contributed by atoms with Crippen LogP contribution >= 0.6 is 12.4 Å². The van der Waals surface area contributed by atoms with Crippen LogP contribution in [-0.2, 0) is 4.79 Å². The summed E-state index contributed by atoms with van der Waals surface area (Å²) in [5.74, 6) is 1.04. The van der Waals surface area contributed by atoms with Crippen molar-refractivity contribution in [3.63, 3.8) is 0 Å². The third-order valence-electron chi connectivity index (χ3n) is 3.73. The van der Waals surface area contributed by atoms with Gasteiger partial charge in [-0.3, -0.25) is 4.79 Å². The molecule has 0 spiro atoms. The molecule has 2 rings (SSSR count). The van der Waals surface area contributed by atoms with E-state index in [0.29, 0.717) is 19.6 Å². The van der Waals surface area contributed by atoms with Crippen molar-refractivity contribution in [2.24, 2.45) is 0 Å². The molecule has 0 saturated carbocycles. The summed E-state index contributed by atoms with van der Waals surface area (Å²) in [7, 11) is 0. The predicted molar refractivity (Wildman–Crippen MR) is 96.4 cm³/mol. The number of carbonyl (C=O) groups is 1. The van der Waals surface area contributed by atoms with Gasteiger partial charge in [-0.1, -0.05) is 23.8 Å². The highest BCUT2D eigenvalue weighted by molar-refractivity contribution is 5.85. The lowest BCUT2D eigenvalue weighted by molar-refractivity contribution is -0.121. The minimum Gasteiger partial charge on any atom is -0.494 e. The van der Waals surface area contributed by atoms with Crippen molar-refractivity contribution >= 4 is 18.3 Å². The average Bonchev–Trinajstić information content (AvgIpc) is 2.54. The summed E-state index contributed by atoms with van der Waals surface area (Å²) in [5.41, 5.74) is 2.53. The molecule has 0 atom stereocenters. The van der Waals surface area contributed by atoms with Crippen LogP contribution in [0.15, 0.2) is 35.9 Å². The lowest BCUT2D eigenvalue weighted by Gasteiger charge is -2.14. The first-order chi connectivity index (χ1) is 10.7. The Hall–Kier alpha value is -1.52. The zero-order valence-corrected chi connectivity index (χ0v) is 14.6. The molecule has 5 heteroatoms. The highest BCUT2D eigenvalue weighted by Gasteiger charge is 2.05. The van der Waals surface area contributed by atoms with E-state index in [-0.39, 0.29) is 18.3 Å². The van der Waals surface area contributed by atoms with E-state index in [1.54, 1.807) is 0 Å². The Morgan fingerprint density at radius 1 is 1.35 bits per heavy atom. The van der Waals surface area contributed by atoms with Crippen molar-refractivity contribution in [2.75, 3.05) is 26.2 Å². The Kier molecular flexibility index (Phi) is 9.41. The second-order valence-electron chi connectivity index (χ2n) is 5.72. The maximum Gasteiger partial charge on any atom is 0.220 e. The smallest absolute Gasteiger partial charge is 0.220 e. The molecule has 0 aliphatic carbocycles. The summed E-state index contributed by atoms with van der Waals surface area (Å²) in [5, 5.41) is 6.26. The molecule has 1 aliphatic heterocycles. The van der Waals surface area contributed by atoms with Gasteiger partial charge < -0.3 is 15.4 Å². The fourth-order valence-electron chi connectivity index (χ4n) is 2.41. The van der Waals surface area contributed by atoms with Crippen molar-refractivity contribution in [1.29, 1.82) is 0 Å². The van der Waals surface area contributed by atoms with Crippen molar-refractivity contribution in [3.05, 3.63) is 41.5 Å². The predicted octanol–water partition coefficient (Wildman–Crippen LogP) is 3.00. The summed E-state index contributed by atoms with van der Waals surface area (Å²) in [6.07, 6.45) is 5.53. The number of amides is 1. The van der Waals surface area contributed by atoms with Crippen LogP contribution in [0.25, 0.3) is 0 Å². The molecule has 0 fully saturated rings. The molecule has 4 nitrogen and oxygen atoms in total. The van der Waals surface area contributed by atoms with Crippen molar-refractivity contribution < 1.29 is 9.53 Å². The first-order valence-corrected chi connectivity index (χ1v) is 8.09. The van der Waals surface area contributed by atoms with E-state index in [0.717, 1.165) is 38.1 Å². The van der Waals surface area contributed by atoms with Gasteiger partial charge >= 0.3 is 0 Å². The molecule has 0 radical (unpaired) electrons. The van der Waals surface area contributed by atoms with Crippen LogP contribution in [0.1, 0.15) is 31.2 Å². The molecular weight excluding hydrogens is 312 g/mol. The number of ether oxygens (including phenoxy) is 1. The van der Waals surface area contributed by atoms with Crippen LogP contribution < -0.4 is 15.4 Å². The number of hydrogen-bond donors (Lipinski definition) is 2. The van der Waals surface area contributed by atoms with Crippen molar-refractivity contribution in [1.82, 2.24) is 10.6 Å². The van der Waals surface area contributed by atoms with Crippen LogP contribution in [0.3, 0.4) is 0 Å². The fraction of sp³-hybridized carbons (Fsp3) is 0.500.